The van der Waals surface area contributed by atoms with Gasteiger partial charge in [-0.1, -0.05) is 36.4 Å². The van der Waals surface area contributed by atoms with Gasteiger partial charge in [0.2, 0.25) is 0 Å². The van der Waals surface area contributed by atoms with Crippen molar-refractivity contribution in [3.8, 4) is 11.8 Å². The Kier molecular flexibility index (Phi) is 6.15. The molecule has 0 atom stereocenters. The molecule has 0 aliphatic rings. The van der Waals surface area contributed by atoms with E-state index in [0.29, 0.717) is 22.4 Å². The number of non-ortho nitro benzene ring substituents is 2. The van der Waals surface area contributed by atoms with Crippen LogP contribution in [-0.4, -0.2) is 9.85 Å². The van der Waals surface area contributed by atoms with Crippen LogP contribution in [0.3, 0.4) is 0 Å². The second-order valence-corrected chi connectivity index (χ2v) is 6.26. The summed E-state index contributed by atoms with van der Waals surface area (Å²) in [5.74, 6) is 0.563. The average Bonchev–Trinajstić information content (AvgIpc) is 2.77. The number of nitro groups is 2. The Morgan fingerprint density at radius 1 is 0.933 bits per heavy atom. The molecule has 0 spiro atoms. The largest absolute Gasteiger partial charge is 0.489 e. The highest BCUT2D eigenvalue weighted by Gasteiger charge is 2.09. The van der Waals surface area contributed by atoms with E-state index in [2.05, 4.69) is 6.07 Å². The van der Waals surface area contributed by atoms with Gasteiger partial charge in [0, 0.05) is 24.3 Å². The van der Waals surface area contributed by atoms with E-state index < -0.39 is 9.85 Å². The number of rotatable bonds is 7. The summed E-state index contributed by atoms with van der Waals surface area (Å²) in [6.45, 7) is 0.175. The zero-order valence-corrected chi connectivity index (χ0v) is 15.6. The molecule has 0 bridgehead atoms. The summed E-state index contributed by atoms with van der Waals surface area (Å²) in [5.41, 5.74) is 2.06. The molecule has 8 nitrogen and oxygen atoms in total. The highest BCUT2D eigenvalue weighted by atomic mass is 16.6. The monoisotopic (exact) mass is 401 g/mol. The smallest absolute Gasteiger partial charge is 0.270 e. The topological polar surface area (TPSA) is 119 Å². The lowest BCUT2D eigenvalue weighted by Crippen LogP contribution is -1.96. The van der Waals surface area contributed by atoms with Crippen LogP contribution in [-0.2, 0) is 6.61 Å². The molecule has 148 valence electrons. The lowest BCUT2D eigenvalue weighted by molar-refractivity contribution is -0.385. The van der Waals surface area contributed by atoms with Crippen LogP contribution in [0.5, 0.6) is 5.75 Å². The number of benzene rings is 3. The highest BCUT2D eigenvalue weighted by Crippen LogP contribution is 2.23. The quantitative estimate of drug-likeness (QED) is 0.234. The zero-order chi connectivity index (χ0) is 21.5. The fourth-order valence-electron chi connectivity index (χ4n) is 2.72. The normalized spacial score (nSPS) is 10.8. The van der Waals surface area contributed by atoms with E-state index in [0.717, 1.165) is 5.56 Å². The molecule has 0 aliphatic heterocycles. The van der Waals surface area contributed by atoms with Gasteiger partial charge in [-0.3, -0.25) is 20.2 Å². The van der Waals surface area contributed by atoms with Gasteiger partial charge in [-0.15, -0.1) is 0 Å². The fourth-order valence-corrected chi connectivity index (χ4v) is 2.72. The van der Waals surface area contributed by atoms with Crippen molar-refractivity contribution < 1.29 is 14.6 Å². The molecule has 0 radical (unpaired) electrons. The van der Waals surface area contributed by atoms with E-state index in [9.17, 15) is 25.5 Å². The second kappa shape index (κ2) is 9.12. The SMILES string of the molecule is N#C/C(=C/c1ccc(OCc2cccc([N+](=O)[O-])c2)cc1)c1cccc([N+](=O)[O-])c1. The third-order valence-corrected chi connectivity index (χ3v) is 4.21. The number of hydrogen-bond donors (Lipinski definition) is 0. The third kappa shape index (κ3) is 5.05. The van der Waals surface area contributed by atoms with E-state index in [1.54, 1.807) is 48.5 Å². The van der Waals surface area contributed by atoms with Gasteiger partial charge in [0.15, 0.2) is 0 Å². The standard InChI is InChI=1S/C22H15N3O5/c23-14-19(18-4-2-6-21(13-18)25(28)29)11-16-7-9-22(10-8-16)30-15-17-3-1-5-20(12-17)24(26)27/h1-13H,15H2/b19-11-. The number of nitro benzene ring substituents is 2. The first-order chi connectivity index (χ1) is 14.5. The fraction of sp³-hybridized carbons (Fsp3) is 0.0455. The van der Waals surface area contributed by atoms with Crippen LogP contribution in [0.25, 0.3) is 11.6 Å². The van der Waals surface area contributed by atoms with Crippen LogP contribution in [0.2, 0.25) is 0 Å². The van der Waals surface area contributed by atoms with Crippen molar-refractivity contribution in [1.82, 2.24) is 0 Å². The number of ether oxygens (including phenoxy) is 1. The summed E-state index contributed by atoms with van der Waals surface area (Å²) in [4.78, 5) is 20.8. The zero-order valence-electron chi connectivity index (χ0n) is 15.6. The molecule has 3 aromatic rings. The van der Waals surface area contributed by atoms with Crippen molar-refractivity contribution in [2.75, 3.05) is 0 Å². The van der Waals surface area contributed by atoms with E-state index in [1.165, 1.54) is 30.3 Å². The molecule has 0 heterocycles. The molecule has 30 heavy (non-hydrogen) atoms. The van der Waals surface area contributed by atoms with Gasteiger partial charge in [0.25, 0.3) is 11.4 Å². The van der Waals surface area contributed by atoms with E-state index >= 15 is 0 Å². The molecule has 0 fully saturated rings. The number of nitriles is 1. The summed E-state index contributed by atoms with van der Waals surface area (Å²) in [6, 6.07) is 21.1. The minimum atomic E-state index is -0.508. The molecule has 8 heteroatoms. The van der Waals surface area contributed by atoms with Gasteiger partial charge in [0.1, 0.15) is 12.4 Å². The Morgan fingerprint density at radius 2 is 1.57 bits per heavy atom. The summed E-state index contributed by atoms with van der Waals surface area (Å²) < 4.78 is 5.66. The molecule has 3 rings (SSSR count). The molecular weight excluding hydrogens is 386 g/mol. The van der Waals surface area contributed by atoms with E-state index in [-0.39, 0.29) is 18.0 Å². The lowest BCUT2D eigenvalue weighted by Gasteiger charge is -2.07. The molecule has 0 saturated carbocycles. The maximum Gasteiger partial charge on any atom is 0.270 e. The molecule has 0 amide bonds. The minimum absolute atomic E-state index is 0.00164. The minimum Gasteiger partial charge on any atom is -0.489 e. The van der Waals surface area contributed by atoms with Crippen LogP contribution in [0.15, 0.2) is 72.8 Å². The number of allylic oxidation sites excluding steroid dienone is 1. The van der Waals surface area contributed by atoms with Crippen LogP contribution in [0, 0.1) is 31.6 Å². The molecule has 0 unspecified atom stereocenters. The van der Waals surface area contributed by atoms with Gasteiger partial charge in [0.05, 0.1) is 21.5 Å². The maximum atomic E-state index is 10.9. The summed E-state index contributed by atoms with van der Waals surface area (Å²) in [6.07, 6.45) is 1.63. The Bertz CT molecular complexity index is 1160. The Balaban J connectivity index is 1.72. The number of nitrogens with zero attached hydrogens (tertiary/aromatic N) is 3. The van der Waals surface area contributed by atoms with Crippen LogP contribution in [0.1, 0.15) is 16.7 Å². The van der Waals surface area contributed by atoms with Gasteiger partial charge in [-0.2, -0.15) is 5.26 Å². The van der Waals surface area contributed by atoms with Gasteiger partial charge < -0.3 is 4.74 Å². The van der Waals surface area contributed by atoms with Crippen molar-refractivity contribution >= 4 is 23.0 Å². The van der Waals surface area contributed by atoms with Crippen LogP contribution >= 0.6 is 0 Å². The summed E-state index contributed by atoms with van der Waals surface area (Å²) in [7, 11) is 0. The first kappa shape index (κ1) is 20.2. The van der Waals surface area contributed by atoms with Gasteiger partial charge in [-0.05, 0) is 34.9 Å². The maximum absolute atomic E-state index is 10.9. The van der Waals surface area contributed by atoms with Gasteiger partial charge in [-0.25, -0.2) is 0 Å². The first-order valence-electron chi connectivity index (χ1n) is 8.79. The molecule has 0 aliphatic carbocycles. The third-order valence-electron chi connectivity index (χ3n) is 4.21. The first-order valence-corrected chi connectivity index (χ1v) is 8.79. The van der Waals surface area contributed by atoms with Crippen molar-refractivity contribution in [2.24, 2.45) is 0 Å². The highest BCUT2D eigenvalue weighted by molar-refractivity contribution is 5.90. The molecule has 0 saturated heterocycles. The molecule has 0 aromatic heterocycles. The van der Waals surface area contributed by atoms with Crippen molar-refractivity contribution in [3.63, 3.8) is 0 Å². The summed E-state index contributed by atoms with van der Waals surface area (Å²) in [5, 5.41) is 31.2. The predicted molar refractivity (Wildman–Crippen MR) is 110 cm³/mol. The average molecular weight is 401 g/mol. The predicted octanol–water partition coefficient (Wildman–Crippen LogP) is 5.15. The van der Waals surface area contributed by atoms with E-state index in [4.69, 9.17) is 4.74 Å². The van der Waals surface area contributed by atoms with Crippen molar-refractivity contribution in [1.29, 1.82) is 5.26 Å². The molecule has 3 aromatic carbocycles. The van der Waals surface area contributed by atoms with Crippen molar-refractivity contribution in [2.45, 2.75) is 6.61 Å². The molecular formula is C22H15N3O5. The number of hydrogen-bond acceptors (Lipinski definition) is 6. The Labute approximate surface area is 171 Å². The van der Waals surface area contributed by atoms with Gasteiger partial charge >= 0.3 is 0 Å². The lowest BCUT2D eigenvalue weighted by atomic mass is 10.0. The van der Waals surface area contributed by atoms with Crippen LogP contribution < -0.4 is 4.74 Å². The second-order valence-electron chi connectivity index (χ2n) is 6.26. The van der Waals surface area contributed by atoms with E-state index in [1.807, 2.05) is 0 Å². The van der Waals surface area contributed by atoms with Crippen molar-refractivity contribution in [3.05, 3.63) is 110 Å². The molecule has 0 N–H and O–H groups in total. The Morgan fingerprint density at radius 3 is 2.20 bits per heavy atom. The summed E-state index contributed by atoms with van der Waals surface area (Å²) >= 11 is 0. The van der Waals surface area contributed by atoms with Crippen LogP contribution in [0.4, 0.5) is 11.4 Å². The Hall–Kier alpha value is -4.51.